The van der Waals surface area contributed by atoms with Gasteiger partial charge in [-0.1, -0.05) is 63.6 Å². The molecule has 0 saturated carbocycles. The van der Waals surface area contributed by atoms with Crippen molar-refractivity contribution >= 4 is 22.8 Å². The number of amides is 1. The molecule has 0 aliphatic rings. The highest BCUT2D eigenvalue weighted by Crippen LogP contribution is 2.20. The van der Waals surface area contributed by atoms with Gasteiger partial charge in [0, 0.05) is 29.9 Å². The van der Waals surface area contributed by atoms with Gasteiger partial charge in [0.25, 0.3) is 0 Å². The van der Waals surface area contributed by atoms with Crippen LogP contribution in [-0.2, 0) is 20.7 Å². The lowest BCUT2D eigenvalue weighted by Crippen LogP contribution is -2.45. The van der Waals surface area contributed by atoms with E-state index in [-0.39, 0.29) is 11.9 Å². The lowest BCUT2D eigenvalue weighted by atomic mass is 10.0. The number of nitrogens with one attached hydrogen (secondary N) is 2. The molecule has 5 heteroatoms. The Balaban J connectivity index is 1.94. The van der Waals surface area contributed by atoms with Crippen LogP contribution in [0.3, 0.4) is 0 Å². The molecule has 1 amide bonds. The van der Waals surface area contributed by atoms with Gasteiger partial charge in [-0.25, -0.2) is 4.79 Å². The predicted molar refractivity (Wildman–Crippen MR) is 122 cm³/mol. The highest BCUT2D eigenvalue weighted by Gasteiger charge is 2.27. The van der Waals surface area contributed by atoms with Crippen LogP contribution in [0, 0.1) is 0 Å². The number of carbonyl (C=O) groups excluding carboxylic acids is 2. The zero-order valence-corrected chi connectivity index (χ0v) is 19.1. The zero-order chi connectivity index (χ0) is 22.0. The summed E-state index contributed by atoms with van der Waals surface area (Å²) >= 11 is 0. The molecule has 0 fully saturated rings. The van der Waals surface area contributed by atoms with E-state index >= 15 is 0 Å². The number of unbranched alkanes of at least 4 members (excludes halogenated alkanes) is 6. The number of aromatic amines is 1. The third-order valence-corrected chi connectivity index (χ3v) is 5.13. The predicted octanol–water partition coefficient (Wildman–Crippen LogP) is 5.68. The number of carbonyl (C=O) groups is 2. The summed E-state index contributed by atoms with van der Waals surface area (Å²) < 4.78 is 5.58. The number of aromatic nitrogens is 1. The summed E-state index contributed by atoms with van der Waals surface area (Å²) in [5, 5.41) is 3.99. The third-order valence-electron chi connectivity index (χ3n) is 5.13. The minimum atomic E-state index is -0.694. The molecule has 2 N–H and O–H groups in total. The Kier molecular flexibility index (Phi) is 9.41. The van der Waals surface area contributed by atoms with E-state index in [1.54, 1.807) is 0 Å². The number of fused-ring (bicyclic) bond motifs is 1. The van der Waals surface area contributed by atoms with Crippen molar-refractivity contribution in [2.75, 3.05) is 0 Å². The number of hydrogen-bond acceptors (Lipinski definition) is 3. The molecule has 1 atom stereocenters. The lowest BCUT2D eigenvalue weighted by Gasteiger charge is -2.24. The lowest BCUT2D eigenvalue weighted by molar-refractivity contribution is -0.158. The van der Waals surface area contributed by atoms with Gasteiger partial charge in [0.1, 0.15) is 11.6 Å². The second kappa shape index (κ2) is 11.8. The number of H-pyrrole nitrogens is 1. The molecule has 1 aromatic heterocycles. The van der Waals surface area contributed by atoms with Gasteiger partial charge in [-0.3, -0.25) is 4.79 Å². The average molecular weight is 415 g/mol. The van der Waals surface area contributed by atoms with Crippen LogP contribution in [0.1, 0.15) is 84.6 Å². The van der Waals surface area contributed by atoms with Crippen molar-refractivity contribution in [3.63, 3.8) is 0 Å². The van der Waals surface area contributed by atoms with E-state index in [1.807, 2.05) is 51.2 Å². The van der Waals surface area contributed by atoms with Gasteiger partial charge >= 0.3 is 5.97 Å². The molecular formula is C25H38N2O3. The maximum atomic E-state index is 12.8. The number of benzene rings is 1. The fourth-order valence-corrected chi connectivity index (χ4v) is 3.60. The van der Waals surface area contributed by atoms with Gasteiger partial charge in [0.05, 0.1) is 0 Å². The largest absolute Gasteiger partial charge is 0.458 e. The number of ether oxygens (including phenoxy) is 1. The van der Waals surface area contributed by atoms with Crippen LogP contribution in [-0.4, -0.2) is 28.5 Å². The quantitative estimate of drug-likeness (QED) is 0.347. The molecule has 1 aromatic carbocycles. The van der Waals surface area contributed by atoms with Crippen LogP contribution >= 0.6 is 0 Å². The molecule has 30 heavy (non-hydrogen) atoms. The van der Waals surface area contributed by atoms with E-state index in [0.29, 0.717) is 12.8 Å². The van der Waals surface area contributed by atoms with Crippen LogP contribution in [0.5, 0.6) is 0 Å². The van der Waals surface area contributed by atoms with E-state index in [4.69, 9.17) is 4.74 Å². The van der Waals surface area contributed by atoms with Crippen LogP contribution in [0.25, 0.3) is 10.9 Å². The van der Waals surface area contributed by atoms with E-state index in [2.05, 4.69) is 17.2 Å². The van der Waals surface area contributed by atoms with Crippen LogP contribution in [0.2, 0.25) is 0 Å². The molecule has 0 unspecified atom stereocenters. The van der Waals surface area contributed by atoms with Gasteiger partial charge in [0.15, 0.2) is 0 Å². The summed E-state index contributed by atoms with van der Waals surface area (Å²) in [5.41, 5.74) is 1.42. The topological polar surface area (TPSA) is 71.2 Å². The Labute approximate surface area is 181 Å². The Hall–Kier alpha value is -2.30. The summed E-state index contributed by atoms with van der Waals surface area (Å²) in [7, 11) is 0. The van der Waals surface area contributed by atoms with Gasteiger partial charge in [-0.05, 0) is 38.8 Å². The first-order chi connectivity index (χ1) is 14.3. The number of rotatable bonds is 12. The molecule has 0 aliphatic heterocycles. The number of esters is 1. The van der Waals surface area contributed by atoms with Crippen molar-refractivity contribution in [2.45, 2.75) is 97.1 Å². The Morgan fingerprint density at radius 1 is 1.03 bits per heavy atom. The van der Waals surface area contributed by atoms with E-state index < -0.39 is 11.6 Å². The molecule has 0 saturated heterocycles. The van der Waals surface area contributed by atoms with Crippen molar-refractivity contribution in [3.8, 4) is 0 Å². The first-order valence-corrected chi connectivity index (χ1v) is 11.4. The minimum Gasteiger partial charge on any atom is -0.458 e. The van der Waals surface area contributed by atoms with Crippen LogP contribution in [0.15, 0.2) is 30.5 Å². The fourth-order valence-electron chi connectivity index (χ4n) is 3.60. The average Bonchev–Trinajstić information content (AvgIpc) is 3.08. The molecule has 166 valence electrons. The monoisotopic (exact) mass is 414 g/mol. The van der Waals surface area contributed by atoms with Gasteiger partial charge in [-0.15, -0.1) is 0 Å². The fraction of sp³-hybridized carbons (Fsp3) is 0.600. The zero-order valence-electron chi connectivity index (χ0n) is 19.1. The molecule has 0 bridgehead atoms. The van der Waals surface area contributed by atoms with E-state index in [9.17, 15) is 9.59 Å². The van der Waals surface area contributed by atoms with Crippen molar-refractivity contribution in [2.24, 2.45) is 0 Å². The third kappa shape index (κ3) is 8.21. The summed E-state index contributed by atoms with van der Waals surface area (Å²) in [6.07, 6.45) is 10.9. The van der Waals surface area contributed by atoms with E-state index in [0.717, 1.165) is 35.7 Å². The van der Waals surface area contributed by atoms with Gasteiger partial charge in [0.2, 0.25) is 5.91 Å². The highest BCUT2D eigenvalue weighted by atomic mass is 16.6. The van der Waals surface area contributed by atoms with Crippen LogP contribution < -0.4 is 5.32 Å². The van der Waals surface area contributed by atoms with E-state index in [1.165, 1.54) is 25.7 Å². The molecule has 0 aliphatic carbocycles. The molecule has 2 aromatic rings. The second-order valence-corrected chi connectivity index (χ2v) is 9.09. The maximum absolute atomic E-state index is 12.8. The van der Waals surface area contributed by atoms with Gasteiger partial charge in [-0.2, -0.15) is 0 Å². The summed E-state index contributed by atoms with van der Waals surface area (Å²) in [5.74, 6) is -0.472. The van der Waals surface area contributed by atoms with Crippen molar-refractivity contribution in [1.82, 2.24) is 10.3 Å². The number of para-hydroxylation sites is 1. The summed E-state index contributed by atoms with van der Waals surface area (Å²) in [4.78, 5) is 28.5. The molecule has 2 rings (SSSR count). The van der Waals surface area contributed by atoms with Crippen molar-refractivity contribution < 1.29 is 14.3 Å². The number of hydrogen-bond donors (Lipinski definition) is 2. The first kappa shape index (κ1) is 24.0. The Morgan fingerprint density at radius 3 is 2.40 bits per heavy atom. The molecule has 5 nitrogen and oxygen atoms in total. The van der Waals surface area contributed by atoms with Gasteiger partial charge < -0.3 is 15.0 Å². The minimum absolute atomic E-state index is 0.0840. The summed E-state index contributed by atoms with van der Waals surface area (Å²) in [6, 6.07) is 7.27. The first-order valence-electron chi connectivity index (χ1n) is 11.4. The molecule has 0 radical (unpaired) electrons. The summed E-state index contributed by atoms with van der Waals surface area (Å²) in [6.45, 7) is 7.73. The highest BCUT2D eigenvalue weighted by molar-refractivity contribution is 5.87. The Morgan fingerprint density at radius 2 is 1.70 bits per heavy atom. The van der Waals surface area contributed by atoms with Crippen molar-refractivity contribution in [3.05, 3.63) is 36.0 Å². The Bertz CT molecular complexity index is 804. The second-order valence-electron chi connectivity index (χ2n) is 9.09. The smallest absolute Gasteiger partial charge is 0.329 e. The SMILES string of the molecule is CCCCCCCCCC(=O)N[C@@H](Cc1c[nH]c2ccccc12)C(=O)OC(C)(C)C. The standard InChI is InChI=1S/C25H38N2O3/c1-5-6-7-8-9-10-11-16-23(28)27-22(24(29)30-25(2,3)4)17-19-18-26-21-15-13-12-14-20(19)21/h12-15,18,22,26H,5-11,16-17H2,1-4H3,(H,27,28)/t22-/m0/s1. The molecule has 0 spiro atoms. The van der Waals surface area contributed by atoms with Crippen molar-refractivity contribution in [1.29, 1.82) is 0 Å². The molecular weight excluding hydrogens is 376 g/mol. The normalized spacial score (nSPS) is 12.7. The van der Waals surface area contributed by atoms with Crippen LogP contribution in [0.4, 0.5) is 0 Å². The maximum Gasteiger partial charge on any atom is 0.329 e. The molecule has 1 heterocycles.